The van der Waals surface area contributed by atoms with Crippen molar-refractivity contribution < 1.29 is 18.9 Å². The lowest BCUT2D eigenvalue weighted by Crippen LogP contribution is -2.28. The van der Waals surface area contributed by atoms with Crippen molar-refractivity contribution in [3.05, 3.63) is 75.7 Å². The van der Waals surface area contributed by atoms with Crippen LogP contribution in [0.5, 0.6) is 5.75 Å². The number of halogens is 2. The van der Waals surface area contributed by atoms with Crippen LogP contribution < -0.4 is 9.42 Å². The first-order chi connectivity index (χ1) is 14.8. The van der Waals surface area contributed by atoms with Gasteiger partial charge in [0.15, 0.2) is 6.04 Å². The Labute approximate surface area is 196 Å². The average Bonchev–Trinajstić information content (AvgIpc) is 2.74. The number of rotatable bonds is 7. The topological polar surface area (TPSA) is 71.0 Å². The largest absolute Gasteiger partial charge is 0.575 e. The van der Waals surface area contributed by atoms with E-state index in [-0.39, 0.29) is 11.7 Å². The third-order valence-corrected chi connectivity index (χ3v) is 6.52. The minimum absolute atomic E-state index is 0.232. The van der Waals surface area contributed by atoms with E-state index >= 15 is 0 Å². The number of benzene rings is 3. The first-order valence-corrected chi connectivity index (χ1v) is 12.1. The SMILES string of the molecule is CC(C)[C@H](N=[P+]([O-])Oc1c(Cl)ccc2ccccc12)C(=O)O[C@@H](C)c1ccccc1Br. The van der Waals surface area contributed by atoms with Gasteiger partial charge in [0, 0.05) is 15.4 Å². The van der Waals surface area contributed by atoms with Crippen LogP contribution >= 0.6 is 35.7 Å². The monoisotopic (exact) mass is 521 g/mol. The number of carbonyl (C=O) groups excluding carboxylic acids is 1. The maximum Gasteiger partial charge on any atom is 0.395 e. The molecule has 0 radical (unpaired) electrons. The molecule has 5 nitrogen and oxygen atoms in total. The molecular weight excluding hydrogens is 501 g/mol. The van der Waals surface area contributed by atoms with E-state index in [4.69, 9.17) is 20.9 Å². The van der Waals surface area contributed by atoms with E-state index in [1.807, 2.05) is 68.4 Å². The summed E-state index contributed by atoms with van der Waals surface area (Å²) in [7, 11) is -2.56. The van der Waals surface area contributed by atoms with Crippen molar-refractivity contribution in [2.24, 2.45) is 10.7 Å². The summed E-state index contributed by atoms with van der Waals surface area (Å²) in [4.78, 5) is 25.5. The van der Waals surface area contributed by atoms with Gasteiger partial charge in [0.25, 0.3) is 0 Å². The zero-order valence-corrected chi connectivity index (χ0v) is 20.5. The minimum atomic E-state index is -2.56. The van der Waals surface area contributed by atoms with Gasteiger partial charge in [-0.2, -0.15) is 0 Å². The Balaban J connectivity index is 1.81. The highest BCUT2D eigenvalue weighted by molar-refractivity contribution is 9.10. The van der Waals surface area contributed by atoms with E-state index < -0.39 is 26.3 Å². The number of hydrogen-bond acceptors (Lipinski definition) is 5. The zero-order chi connectivity index (χ0) is 22.5. The Morgan fingerprint density at radius 1 is 1.06 bits per heavy atom. The van der Waals surface area contributed by atoms with Gasteiger partial charge in [0.2, 0.25) is 5.75 Å². The molecule has 3 atom stereocenters. The second-order valence-electron chi connectivity index (χ2n) is 7.33. The molecular formula is C23H22BrClNO4P. The molecule has 0 bridgehead atoms. The highest BCUT2D eigenvalue weighted by atomic mass is 79.9. The van der Waals surface area contributed by atoms with Crippen molar-refractivity contribution in [1.29, 1.82) is 0 Å². The van der Waals surface area contributed by atoms with Gasteiger partial charge in [-0.3, -0.25) is 4.52 Å². The van der Waals surface area contributed by atoms with Crippen LogP contribution in [0, 0.1) is 5.92 Å². The van der Waals surface area contributed by atoms with Crippen LogP contribution in [0.4, 0.5) is 0 Å². The average molecular weight is 523 g/mol. The van der Waals surface area contributed by atoms with Crippen molar-refractivity contribution in [1.82, 2.24) is 0 Å². The van der Waals surface area contributed by atoms with Gasteiger partial charge in [-0.1, -0.05) is 94.7 Å². The minimum Gasteiger partial charge on any atom is -0.575 e. The number of hydrogen-bond donors (Lipinski definition) is 0. The van der Waals surface area contributed by atoms with Crippen LogP contribution in [0.1, 0.15) is 32.4 Å². The third kappa shape index (κ3) is 5.83. The second kappa shape index (κ2) is 10.6. The van der Waals surface area contributed by atoms with Crippen molar-refractivity contribution in [2.75, 3.05) is 0 Å². The predicted octanol–water partition coefficient (Wildman–Crippen LogP) is 6.82. The van der Waals surface area contributed by atoms with Crippen LogP contribution in [0.3, 0.4) is 0 Å². The molecule has 0 N–H and O–H groups in total. The van der Waals surface area contributed by atoms with Crippen molar-refractivity contribution in [3.8, 4) is 5.75 Å². The third-order valence-electron chi connectivity index (χ3n) is 4.73. The lowest BCUT2D eigenvalue weighted by atomic mass is 10.1. The van der Waals surface area contributed by atoms with Crippen LogP contribution in [0.15, 0.2) is 69.9 Å². The zero-order valence-electron chi connectivity index (χ0n) is 17.3. The molecule has 1 unspecified atom stereocenters. The van der Waals surface area contributed by atoms with Gasteiger partial charge < -0.3 is 9.63 Å². The molecule has 3 aromatic carbocycles. The Morgan fingerprint density at radius 3 is 2.45 bits per heavy atom. The molecule has 0 aliphatic heterocycles. The van der Waals surface area contributed by atoms with Gasteiger partial charge >= 0.3 is 14.1 Å². The van der Waals surface area contributed by atoms with E-state index in [1.165, 1.54) is 0 Å². The summed E-state index contributed by atoms with van der Waals surface area (Å²) < 4.78 is 16.2. The quantitative estimate of drug-likeness (QED) is 0.252. The molecule has 0 aromatic heterocycles. The first kappa shape index (κ1) is 23.7. The lowest BCUT2D eigenvalue weighted by molar-refractivity contribution is -0.170. The van der Waals surface area contributed by atoms with E-state index in [0.29, 0.717) is 5.02 Å². The summed E-state index contributed by atoms with van der Waals surface area (Å²) in [6.07, 6.45) is -0.495. The number of ether oxygens (including phenoxy) is 1. The van der Waals surface area contributed by atoms with Gasteiger partial charge in [0.05, 0.1) is 5.02 Å². The Hall–Kier alpha value is -1.98. The van der Waals surface area contributed by atoms with Crippen molar-refractivity contribution >= 4 is 52.4 Å². The van der Waals surface area contributed by atoms with E-state index in [1.54, 1.807) is 13.0 Å². The smallest absolute Gasteiger partial charge is 0.395 e. The highest BCUT2D eigenvalue weighted by Crippen LogP contribution is 2.38. The molecule has 0 spiro atoms. The predicted molar refractivity (Wildman–Crippen MR) is 126 cm³/mol. The Morgan fingerprint density at radius 2 is 1.74 bits per heavy atom. The van der Waals surface area contributed by atoms with Crippen molar-refractivity contribution in [2.45, 2.75) is 32.9 Å². The fourth-order valence-electron chi connectivity index (χ4n) is 3.08. The fourth-order valence-corrected chi connectivity index (χ4v) is 4.91. The van der Waals surface area contributed by atoms with Gasteiger partial charge in [-0.05, 0) is 30.4 Å². The van der Waals surface area contributed by atoms with Gasteiger partial charge in [-0.25, -0.2) is 4.79 Å². The summed E-state index contributed by atoms with van der Waals surface area (Å²) in [6.45, 7) is 5.40. The second-order valence-corrected chi connectivity index (χ2v) is 9.48. The molecule has 0 amide bonds. The molecule has 8 heteroatoms. The van der Waals surface area contributed by atoms with E-state index in [9.17, 15) is 9.69 Å². The number of carbonyl (C=O) groups is 1. The number of fused-ring (bicyclic) bond motifs is 1. The van der Waals surface area contributed by atoms with Crippen LogP contribution in [0.25, 0.3) is 10.8 Å². The van der Waals surface area contributed by atoms with Crippen molar-refractivity contribution in [3.63, 3.8) is 0 Å². The summed E-state index contributed by atoms with van der Waals surface area (Å²) >= 11 is 9.73. The molecule has 31 heavy (non-hydrogen) atoms. The maximum atomic E-state index is 12.8. The molecule has 0 heterocycles. The molecule has 0 fully saturated rings. The van der Waals surface area contributed by atoms with E-state index in [2.05, 4.69) is 20.7 Å². The van der Waals surface area contributed by atoms with Gasteiger partial charge in [0.1, 0.15) is 6.10 Å². The summed E-state index contributed by atoms with van der Waals surface area (Å²) in [5, 5.41) is 1.94. The summed E-state index contributed by atoms with van der Waals surface area (Å²) in [6, 6.07) is 17.5. The van der Waals surface area contributed by atoms with E-state index in [0.717, 1.165) is 20.8 Å². The normalized spacial score (nSPS) is 13.8. The molecule has 0 aliphatic rings. The van der Waals surface area contributed by atoms with Crippen LogP contribution in [0.2, 0.25) is 5.02 Å². The highest BCUT2D eigenvalue weighted by Gasteiger charge is 2.30. The molecule has 0 aliphatic carbocycles. The molecule has 0 saturated heterocycles. The Bertz CT molecular complexity index is 1120. The summed E-state index contributed by atoms with van der Waals surface area (Å²) in [5.41, 5.74) is 0.835. The van der Waals surface area contributed by atoms with Crippen LogP contribution in [-0.4, -0.2) is 12.0 Å². The first-order valence-electron chi connectivity index (χ1n) is 9.76. The standard InChI is InChI=1S/C23H22BrClNO4P/c1-14(2)21(23(27)29-15(3)17-9-6-7-11-19(17)24)26-31(28)30-22-18-10-5-4-8-16(18)12-13-20(22)25/h4-15,21H,1-3H3/t15-,21-/m0/s1. The summed E-state index contributed by atoms with van der Waals surface area (Å²) in [5.74, 6) is -0.513. The Kier molecular flexibility index (Phi) is 8.06. The fraction of sp³-hybridized carbons (Fsp3) is 0.261. The van der Waals surface area contributed by atoms with Crippen LogP contribution in [-0.2, 0) is 9.53 Å². The van der Waals surface area contributed by atoms with Gasteiger partial charge in [-0.15, -0.1) is 0 Å². The lowest BCUT2D eigenvalue weighted by Gasteiger charge is -2.19. The number of nitrogens with zero attached hydrogens (tertiary/aromatic N) is 1. The number of esters is 1. The molecule has 3 rings (SSSR count). The maximum absolute atomic E-state index is 12.8. The molecule has 0 saturated carbocycles. The molecule has 3 aromatic rings. The molecule has 162 valence electrons.